The number of methoxy groups -OCH3 is 1. The van der Waals surface area contributed by atoms with E-state index in [1.165, 1.54) is 17.6 Å². The fraction of sp³-hybridized carbons (Fsp3) is 0.583. The molecule has 2 unspecified atom stereocenters. The summed E-state index contributed by atoms with van der Waals surface area (Å²) in [6.45, 7) is 9.51. The van der Waals surface area contributed by atoms with Crippen molar-refractivity contribution in [1.29, 1.82) is 0 Å². The van der Waals surface area contributed by atoms with E-state index in [1.54, 1.807) is 7.11 Å². The molecule has 148 valence electrons. The number of benzene rings is 1. The first-order valence-electron chi connectivity index (χ1n) is 10.3. The van der Waals surface area contributed by atoms with E-state index >= 15 is 0 Å². The second kappa shape index (κ2) is 8.62. The highest BCUT2D eigenvalue weighted by atomic mass is 16.5. The fourth-order valence-electron chi connectivity index (χ4n) is 4.73. The van der Waals surface area contributed by atoms with Gasteiger partial charge in [-0.25, -0.2) is 0 Å². The van der Waals surface area contributed by atoms with Crippen LogP contribution in [0, 0.1) is 11.3 Å². The number of nitrogens with one attached hydrogen (secondary N) is 1. The highest BCUT2D eigenvalue weighted by Gasteiger charge is 2.44. The Balaban J connectivity index is 1.60. The molecule has 0 saturated carbocycles. The van der Waals surface area contributed by atoms with Gasteiger partial charge >= 0.3 is 0 Å². The van der Waals surface area contributed by atoms with Crippen molar-refractivity contribution in [1.82, 2.24) is 5.32 Å². The summed E-state index contributed by atoms with van der Waals surface area (Å²) in [6, 6.07) is 8.33. The van der Waals surface area contributed by atoms with Crippen molar-refractivity contribution in [2.45, 2.75) is 58.6 Å². The minimum Gasteiger partial charge on any atom is -0.497 e. The number of hydrogen-bond donors (Lipinski definition) is 1. The van der Waals surface area contributed by atoms with Crippen LogP contribution >= 0.6 is 0 Å². The molecule has 1 N–H and O–H groups in total. The maximum Gasteiger partial charge on any atom is 0.118 e. The molecule has 1 heterocycles. The highest BCUT2D eigenvalue weighted by Crippen LogP contribution is 2.49. The molecule has 0 aromatic heterocycles. The number of ether oxygens (including phenoxy) is 2. The fourth-order valence-corrected chi connectivity index (χ4v) is 4.73. The Kier molecular flexibility index (Phi) is 6.44. The predicted octanol–water partition coefficient (Wildman–Crippen LogP) is 5.27. The lowest BCUT2D eigenvalue weighted by atomic mass is 9.62. The van der Waals surface area contributed by atoms with Crippen LogP contribution in [0.4, 0.5) is 0 Å². The van der Waals surface area contributed by atoms with Crippen molar-refractivity contribution >= 4 is 0 Å². The summed E-state index contributed by atoms with van der Waals surface area (Å²) in [7, 11) is 1.71. The monoisotopic (exact) mass is 369 g/mol. The predicted molar refractivity (Wildman–Crippen MR) is 112 cm³/mol. The minimum atomic E-state index is -0.0295. The summed E-state index contributed by atoms with van der Waals surface area (Å²) >= 11 is 0. The average Bonchev–Trinajstić information content (AvgIpc) is 2.65. The van der Waals surface area contributed by atoms with Crippen LogP contribution in [0.3, 0.4) is 0 Å². The third-order valence-electron chi connectivity index (χ3n) is 6.23. The van der Waals surface area contributed by atoms with Crippen molar-refractivity contribution in [3.05, 3.63) is 53.6 Å². The lowest BCUT2D eigenvalue weighted by Gasteiger charge is -2.49. The molecule has 0 spiro atoms. The van der Waals surface area contributed by atoms with Crippen molar-refractivity contribution in [3.8, 4) is 5.75 Å². The minimum absolute atomic E-state index is 0.0295. The lowest BCUT2D eigenvalue weighted by molar-refractivity contribution is -0.119. The van der Waals surface area contributed by atoms with Gasteiger partial charge in [0.2, 0.25) is 0 Å². The number of rotatable bonds is 7. The van der Waals surface area contributed by atoms with Crippen LogP contribution in [0.25, 0.3) is 0 Å². The molecular formula is C24H35NO2. The highest BCUT2D eigenvalue weighted by molar-refractivity contribution is 5.27. The van der Waals surface area contributed by atoms with E-state index in [4.69, 9.17) is 9.47 Å². The van der Waals surface area contributed by atoms with Gasteiger partial charge in [-0.05, 0) is 82.0 Å². The van der Waals surface area contributed by atoms with Crippen molar-refractivity contribution in [3.63, 3.8) is 0 Å². The molecule has 3 rings (SSSR count). The van der Waals surface area contributed by atoms with Crippen LogP contribution in [0.15, 0.2) is 48.1 Å². The molecule has 1 aromatic carbocycles. The van der Waals surface area contributed by atoms with Crippen LogP contribution in [0.2, 0.25) is 0 Å². The Bertz CT molecular complexity index is 674. The standard InChI is InChI=1S/C24H35NO2/c1-19-5-9-21(10-6-19)24(14-16-27-23(2,3)18-24)13-15-25-17-20-7-11-22(26-4)12-8-20/h5-9,11-12,21,25H,10,13-18H2,1-4H3. The maximum absolute atomic E-state index is 6.06. The Labute approximate surface area is 164 Å². The molecule has 2 aliphatic rings. The van der Waals surface area contributed by atoms with Gasteiger partial charge in [0.1, 0.15) is 5.75 Å². The normalized spacial score (nSPS) is 27.3. The van der Waals surface area contributed by atoms with Crippen LogP contribution in [0.1, 0.15) is 52.0 Å². The molecule has 3 nitrogen and oxygen atoms in total. The molecule has 1 fully saturated rings. The second-order valence-electron chi connectivity index (χ2n) is 8.82. The Morgan fingerprint density at radius 1 is 1.22 bits per heavy atom. The Hall–Kier alpha value is -1.58. The molecule has 27 heavy (non-hydrogen) atoms. The zero-order valence-corrected chi connectivity index (χ0v) is 17.4. The summed E-state index contributed by atoms with van der Waals surface area (Å²) < 4.78 is 11.3. The van der Waals surface area contributed by atoms with E-state index < -0.39 is 0 Å². The summed E-state index contributed by atoms with van der Waals surface area (Å²) in [6.07, 6.45) is 11.8. The topological polar surface area (TPSA) is 30.5 Å². The van der Waals surface area contributed by atoms with E-state index in [1.807, 2.05) is 12.1 Å². The Morgan fingerprint density at radius 3 is 2.63 bits per heavy atom. The molecule has 1 saturated heterocycles. The van der Waals surface area contributed by atoms with Crippen LogP contribution in [0.5, 0.6) is 5.75 Å². The van der Waals surface area contributed by atoms with Gasteiger partial charge in [-0.1, -0.05) is 35.9 Å². The second-order valence-corrected chi connectivity index (χ2v) is 8.82. The summed E-state index contributed by atoms with van der Waals surface area (Å²) in [4.78, 5) is 0. The van der Waals surface area contributed by atoms with Gasteiger partial charge in [-0.3, -0.25) is 0 Å². The number of hydrogen-bond acceptors (Lipinski definition) is 3. The van der Waals surface area contributed by atoms with Gasteiger partial charge in [-0.2, -0.15) is 0 Å². The van der Waals surface area contributed by atoms with Crippen LogP contribution in [-0.2, 0) is 11.3 Å². The van der Waals surface area contributed by atoms with Crippen LogP contribution < -0.4 is 10.1 Å². The first-order valence-corrected chi connectivity index (χ1v) is 10.3. The lowest BCUT2D eigenvalue weighted by Crippen LogP contribution is -2.46. The molecular weight excluding hydrogens is 334 g/mol. The molecule has 0 amide bonds. The first kappa shape index (κ1) is 20.2. The van der Waals surface area contributed by atoms with Crippen LogP contribution in [-0.4, -0.2) is 25.9 Å². The Morgan fingerprint density at radius 2 is 2.00 bits per heavy atom. The quantitative estimate of drug-likeness (QED) is 0.664. The molecule has 0 radical (unpaired) electrons. The summed E-state index contributed by atoms with van der Waals surface area (Å²) in [5.74, 6) is 1.53. The molecule has 0 bridgehead atoms. The van der Waals surface area contributed by atoms with Gasteiger partial charge in [0, 0.05) is 13.2 Å². The first-order chi connectivity index (χ1) is 12.9. The van der Waals surface area contributed by atoms with Gasteiger partial charge in [0.15, 0.2) is 0 Å². The molecule has 1 aliphatic heterocycles. The molecule has 3 heteroatoms. The van der Waals surface area contributed by atoms with Gasteiger partial charge in [-0.15, -0.1) is 0 Å². The zero-order valence-electron chi connectivity index (χ0n) is 17.4. The summed E-state index contributed by atoms with van der Waals surface area (Å²) in [5.41, 5.74) is 2.99. The van der Waals surface area contributed by atoms with Crippen molar-refractivity contribution in [2.75, 3.05) is 20.3 Å². The van der Waals surface area contributed by atoms with Gasteiger partial charge < -0.3 is 14.8 Å². The van der Waals surface area contributed by atoms with Crippen molar-refractivity contribution < 1.29 is 9.47 Å². The molecule has 1 aliphatic carbocycles. The molecule has 2 atom stereocenters. The largest absolute Gasteiger partial charge is 0.497 e. The number of allylic oxidation sites excluding steroid dienone is 4. The van der Waals surface area contributed by atoms with E-state index in [2.05, 4.69) is 56.4 Å². The van der Waals surface area contributed by atoms with E-state index in [9.17, 15) is 0 Å². The smallest absolute Gasteiger partial charge is 0.118 e. The maximum atomic E-state index is 6.06. The third kappa shape index (κ3) is 5.24. The van der Waals surface area contributed by atoms with E-state index in [-0.39, 0.29) is 5.60 Å². The van der Waals surface area contributed by atoms with Gasteiger partial charge in [0.25, 0.3) is 0 Å². The van der Waals surface area contributed by atoms with E-state index in [0.717, 1.165) is 44.7 Å². The van der Waals surface area contributed by atoms with Gasteiger partial charge in [0.05, 0.1) is 12.7 Å². The van der Waals surface area contributed by atoms with E-state index in [0.29, 0.717) is 11.3 Å². The third-order valence-corrected chi connectivity index (χ3v) is 6.23. The average molecular weight is 370 g/mol. The zero-order chi connectivity index (χ0) is 19.3. The summed E-state index contributed by atoms with van der Waals surface area (Å²) in [5, 5.41) is 3.67. The SMILES string of the molecule is COc1ccc(CNCCC2(C3C=CC(C)=CC3)CCOC(C)(C)C2)cc1. The molecule has 1 aromatic rings. The van der Waals surface area contributed by atoms with Crippen molar-refractivity contribution in [2.24, 2.45) is 11.3 Å².